The van der Waals surface area contributed by atoms with E-state index in [0.717, 1.165) is 45.6 Å². The van der Waals surface area contributed by atoms with Crippen LogP contribution in [0.25, 0.3) is 0 Å². The minimum atomic E-state index is -0.935. The van der Waals surface area contributed by atoms with Crippen LogP contribution in [0, 0.1) is 11.7 Å². The lowest BCUT2D eigenvalue weighted by molar-refractivity contribution is -0.102. The normalized spacial score (nSPS) is 30.3. The molecule has 2 heterocycles. The van der Waals surface area contributed by atoms with Crippen molar-refractivity contribution in [2.75, 3.05) is 32.8 Å². The summed E-state index contributed by atoms with van der Waals surface area (Å²) in [6.07, 6.45) is 2.63. The van der Waals surface area contributed by atoms with Crippen LogP contribution < -0.4 is 4.74 Å². The summed E-state index contributed by atoms with van der Waals surface area (Å²) < 4.78 is 24.5. The largest absolute Gasteiger partial charge is 0.487 e. The Hall–Kier alpha value is -1.17. The maximum Gasteiger partial charge on any atom is 0.129 e. The molecule has 0 amide bonds. The molecule has 128 valence electrons. The number of hydrogen-bond donors (Lipinski definition) is 1. The minimum Gasteiger partial charge on any atom is -0.487 e. The van der Waals surface area contributed by atoms with E-state index in [-0.39, 0.29) is 11.9 Å². The second-order valence-corrected chi connectivity index (χ2v) is 7.00. The molecule has 2 fully saturated rings. The first-order valence-corrected chi connectivity index (χ1v) is 8.48. The van der Waals surface area contributed by atoms with Crippen molar-refractivity contribution in [1.29, 1.82) is 0 Å². The molecule has 0 unspecified atom stereocenters. The van der Waals surface area contributed by atoms with Gasteiger partial charge < -0.3 is 14.6 Å². The van der Waals surface area contributed by atoms with Crippen molar-refractivity contribution in [3.8, 4) is 5.75 Å². The zero-order chi connectivity index (χ0) is 16.3. The van der Waals surface area contributed by atoms with E-state index in [9.17, 15) is 9.50 Å². The van der Waals surface area contributed by atoms with Crippen LogP contribution in [0.15, 0.2) is 24.3 Å². The number of nitrogens with zero attached hydrogens (tertiary/aromatic N) is 1. The fourth-order valence-electron chi connectivity index (χ4n) is 3.58. The first-order valence-electron chi connectivity index (χ1n) is 8.48. The van der Waals surface area contributed by atoms with Gasteiger partial charge in [-0.1, -0.05) is 6.07 Å². The van der Waals surface area contributed by atoms with Gasteiger partial charge in [0.25, 0.3) is 0 Å². The van der Waals surface area contributed by atoms with E-state index in [2.05, 4.69) is 4.90 Å². The number of aliphatic hydroxyl groups is 1. The molecule has 3 rings (SSSR count). The maximum atomic E-state index is 13.3. The van der Waals surface area contributed by atoms with Crippen LogP contribution in [0.1, 0.15) is 26.2 Å². The molecule has 23 heavy (non-hydrogen) atoms. The predicted molar refractivity (Wildman–Crippen MR) is 86.0 cm³/mol. The molecule has 0 radical (unpaired) electrons. The summed E-state index contributed by atoms with van der Waals surface area (Å²) in [6.45, 7) is 6.00. The van der Waals surface area contributed by atoms with Gasteiger partial charge in [-0.05, 0) is 44.2 Å². The van der Waals surface area contributed by atoms with Gasteiger partial charge in [-0.15, -0.1) is 0 Å². The van der Waals surface area contributed by atoms with Crippen molar-refractivity contribution in [1.82, 2.24) is 4.90 Å². The molecule has 0 bridgehead atoms. The third kappa shape index (κ3) is 4.43. The first-order chi connectivity index (χ1) is 11.0. The smallest absolute Gasteiger partial charge is 0.129 e. The standard InChI is InChI=1S/C18H26FNO3/c1-18(21)13-20(12-14-6-9-22-10-7-14)8-5-17(18)23-16-4-2-3-15(19)11-16/h2-4,11,14,17,21H,5-10,12-13H2,1H3/t17-,18-/m0/s1. The lowest BCUT2D eigenvalue weighted by Crippen LogP contribution is -2.57. The Morgan fingerprint density at radius 2 is 2.13 bits per heavy atom. The van der Waals surface area contributed by atoms with Crippen molar-refractivity contribution in [3.05, 3.63) is 30.1 Å². The zero-order valence-electron chi connectivity index (χ0n) is 13.7. The first kappa shape index (κ1) is 16.7. The van der Waals surface area contributed by atoms with Gasteiger partial charge in [0, 0.05) is 38.9 Å². The summed E-state index contributed by atoms with van der Waals surface area (Å²) >= 11 is 0. The number of likely N-dealkylation sites (tertiary alicyclic amines) is 1. The number of rotatable bonds is 4. The average molecular weight is 323 g/mol. The summed E-state index contributed by atoms with van der Waals surface area (Å²) in [5.41, 5.74) is -0.935. The Morgan fingerprint density at radius 3 is 2.83 bits per heavy atom. The van der Waals surface area contributed by atoms with Gasteiger partial charge in [-0.3, -0.25) is 4.90 Å². The molecule has 0 aliphatic carbocycles. The van der Waals surface area contributed by atoms with E-state index in [1.807, 2.05) is 6.92 Å². The number of piperidine rings is 1. The lowest BCUT2D eigenvalue weighted by atomic mass is 9.90. The average Bonchev–Trinajstić information content (AvgIpc) is 2.51. The van der Waals surface area contributed by atoms with Crippen molar-refractivity contribution in [2.24, 2.45) is 5.92 Å². The monoisotopic (exact) mass is 323 g/mol. The minimum absolute atomic E-state index is 0.310. The number of β-amino-alcohol motifs (C(OH)–C–C–N with tert-alkyl or cyclic N) is 1. The molecule has 2 atom stereocenters. The fourth-order valence-corrected chi connectivity index (χ4v) is 3.58. The number of benzene rings is 1. The van der Waals surface area contributed by atoms with Crippen molar-refractivity contribution in [2.45, 2.75) is 37.9 Å². The molecule has 1 aromatic rings. The summed E-state index contributed by atoms with van der Waals surface area (Å²) in [5.74, 6) is 0.812. The van der Waals surface area contributed by atoms with Gasteiger partial charge in [0.2, 0.25) is 0 Å². The quantitative estimate of drug-likeness (QED) is 0.924. The molecule has 4 nitrogen and oxygen atoms in total. The molecule has 1 N–H and O–H groups in total. The van der Waals surface area contributed by atoms with Crippen LogP contribution in [0.2, 0.25) is 0 Å². The van der Waals surface area contributed by atoms with E-state index in [1.165, 1.54) is 12.1 Å². The molecule has 0 saturated carbocycles. The van der Waals surface area contributed by atoms with E-state index < -0.39 is 5.60 Å². The highest BCUT2D eigenvalue weighted by molar-refractivity contribution is 5.23. The van der Waals surface area contributed by atoms with Crippen LogP contribution in [0.4, 0.5) is 4.39 Å². The summed E-state index contributed by atoms with van der Waals surface area (Å²) in [5, 5.41) is 10.8. The highest BCUT2D eigenvalue weighted by atomic mass is 19.1. The van der Waals surface area contributed by atoms with Crippen LogP contribution in [0.3, 0.4) is 0 Å². The number of ether oxygens (including phenoxy) is 2. The van der Waals surface area contributed by atoms with Gasteiger partial charge in [0.05, 0.1) is 0 Å². The molecule has 5 heteroatoms. The summed E-state index contributed by atoms with van der Waals surface area (Å²) in [7, 11) is 0. The van der Waals surface area contributed by atoms with Gasteiger partial charge in [0.15, 0.2) is 0 Å². The molecule has 2 aliphatic heterocycles. The van der Waals surface area contributed by atoms with Crippen molar-refractivity contribution in [3.63, 3.8) is 0 Å². The molecule has 2 aliphatic rings. The Bertz CT molecular complexity index is 517. The molecular formula is C18H26FNO3. The SMILES string of the molecule is C[C@]1(O)CN(CC2CCOCC2)CC[C@@H]1Oc1cccc(F)c1. The van der Waals surface area contributed by atoms with Crippen LogP contribution in [-0.2, 0) is 4.74 Å². The van der Waals surface area contributed by atoms with E-state index in [4.69, 9.17) is 9.47 Å². The van der Waals surface area contributed by atoms with Gasteiger partial charge in [-0.25, -0.2) is 4.39 Å². The van der Waals surface area contributed by atoms with Crippen LogP contribution >= 0.6 is 0 Å². The Balaban J connectivity index is 1.56. The molecule has 0 spiro atoms. The lowest BCUT2D eigenvalue weighted by Gasteiger charge is -2.43. The third-order valence-corrected chi connectivity index (χ3v) is 4.88. The Labute approximate surface area is 137 Å². The van der Waals surface area contributed by atoms with Gasteiger partial charge in [-0.2, -0.15) is 0 Å². The highest BCUT2D eigenvalue weighted by Crippen LogP contribution is 2.28. The number of halogens is 1. The molecule has 0 aromatic heterocycles. The van der Waals surface area contributed by atoms with Gasteiger partial charge in [0.1, 0.15) is 23.3 Å². The fraction of sp³-hybridized carbons (Fsp3) is 0.667. The Morgan fingerprint density at radius 1 is 1.35 bits per heavy atom. The topological polar surface area (TPSA) is 41.9 Å². The highest BCUT2D eigenvalue weighted by Gasteiger charge is 2.40. The molecule has 1 aromatic carbocycles. The third-order valence-electron chi connectivity index (χ3n) is 4.88. The van der Waals surface area contributed by atoms with E-state index >= 15 is 0 Å². The van der Waals surface area contributed by atoms with Crippen molar-refractivity contribution < 1.29 is 19.0 Å². The van der Waals surface area contributed by atoms with Crippen molar-refractivity contribution >= 4 is 0 Å². The molecular weight excluding hydrogens is 297 g/mol. The summed E-state index contributed by atoms with van der Waals surface area (Å²) in [6, 6.07) is 6.11. The zero-order valence-corrected chi connectivity index (χ0v) is 13.7. The number of hydrogen-bond acceptors (Lipinski definition) is 4. The molecule has 2 saturated heterocycles. The van der Waals surface area contributed by atoms with E-state index in [1.54, 1.807) is 12.1 Å². The second kappa shape index (κ2) is 7.16. The maximum absolute atomic E-state index is 13.3. The van der Waals surface area contributed by atoms with E-state index in [0.29, 0.717) is 18.2 Å². The van der Waals surface area contributed by atoms with Gasteiger partial charge >= 0.3 is 0 Å². The Kier molecular flexibility index (Phi) is 5.19. The van der Waals surface area contributed by atoms with Crippen LogP contribution in [-0.4, -0.2) is 54.6 Å². The second-order valence-electron chi connectivity index (χ2n) is 7.00. The van der Waals surface area contributed by atoms with Crippen LogP contribution in [0.5, 0.6) is 5.75 Å². The predicted octanol–water partition coefficient (Wildman–Crippen LogP) is 2.46. The summed E-state index contributed by atoms with van der Waals surface area (Å²) in [4.78, 5) is 2.32.